The van der Waals surface area contributed by atoms with Crippen LogP contribution in [0.3, 0.4) is 0 Å². The average molecular weight is 282 g/mol. The third-order valence-electron chi connectivity index (χ3n) is 2.44. The summed E-state index contributed by atoms with van der Waals surface area (Å²) in [4.78, 5) is 19.0. The zero-order chi connectivity index (χ0) is 14.8. The highest BCUT2D eigenvalue weighted by molar-refractivity contribution is 6.03. The Bertz CT molecular complexity index is 628. The van der Waals surface area contributed by atoms with Gasteiger partial charge in [0.1, 0.15) is 6.33 Å². The van der Waals surface area contributed by atoms with Crippen LogP contribution in [0.2, 0.25) is 0 Å². The van der Waals surface area contributed by atoms with Crippen molar-refractivity contribution >= 4 is 17.3 Å². The summed E-state index contributed by atoms with van der Waals surface area (Å²) in [5.74, 6) is -0.608. The van der Waals surface area contributed by atoms with E-state index in [1.807, 2.05) is 0 Å². The van der Waals surface area contributed by atoms with E-state index >= 15 is 0 Å². The summed E-state index contributed by atoms with van der Waals surface area (Å²) < 4.78 is 38.0. The smallest absolute Gasteiger partial charge is 0.398 e. The minimum absolute atomic E-state index is 0.0135. The highest BCUT2D eigenvalue weighted by atomic mass is 19.4. The van der Waals surface area contributed by atoms with Gasteiger partial charge in [-0.2, -0.15) is 13.2 Å². The minimum atomic E-state index is -4.58. The molecule has 3 N–H and O–H groups in total. The number of hydrogen-bond donors (Lipinski definition) is 2. The van der Waals surface area contributed by atoms with Gasteiger partial charge in [-0.1, -0.05) is 0 Å². The lowest BCUT2D eigenvalue weighted by Crippen LogP contribution is -2.14. The monoisotopic (exact) mass is 282 g/mol. The van der Waals surface area contributed by atoms with E-state index in [1.54, 1.807) is 0 Å². The first-order chi connectivity index (χ1) is 9.38. The second-order valence-corrected chi connectivity index (χ2v) is 3.88. The van der Waals surface area contributed by atoms with Gasteiger partial charge in [0.2, 0.25) is 0 Å². The fourth-order valence-electron chi connectivity index (χ4n) is 1.50. The summed E-state index contributed by atoms with van der Waals surface area (Å²) in [6.07, 6.45) is -0.836. The van der Waals surface area contributed by atoms with Gasteiger partial charge >= 0.3 is 6.18 Å². The van der Waals surface area contributed by atoms with Gasteiger partial charge in [-0.15, -0.1) is 0 Å². The summed E-state index contributed by atoms with van der Waals surface area (Å²) in [5, 5.41) is 2.32. The van der Waals surface area contributed by atoms with Crippen LogP contribution in [-0.2, 0) is 6.18 Å². The Hall–Kier alpha value is -2.64. The Balaban J connectivity index is 2.25. The number of benzene rings is 1. The van der Waals surface area contributed by atoms with E-state index in [4.69, 9.17) is 5.73 Å². The first-order valence-corrected chi connectivity index (χ1v) is 5.41. The number of aromatic nitrogens is 2. The third-order valence-corrected chi connectivity index (χ3v) is 2.44. The SMILES string of the molecule is Nc1ccc(NC(=O)c2cncnc2)cc1C(F)(F)F. The number of nitrogens with one attached hydrogen (secondary N) is 1. The van der Waals surface area contributed by atoms with Crippen LogP contribution in [0.25, 0.3) is 0 Å². The number of nitrogens with two attached hydrogens (primary N) is 1. The number of anilines is 2. The largest absolute Gasteiger partial charge is 0.418 e. The van der Waals surface area contributed by atoms with Crippen LogP contribution in [0.4, 0.5) is 24.5 Å². The molecule has 0 saturated carbocycles. The van der Waals surface area contributed by atoms with Crippen molar-refractivity contribution in [2.24, 2.45) is 0 Å². The standard InChI is InChI=1S/C12H9F3N4O/c13-12(14,15)9-3-8(1-2-10(9)16)19-11(20)7-4-17-6-18-5-7/h1-6H,16H2,(H,19,20). The second kappa shape index (κ2) is 5.16. The molecule has 0 spiro atoms. The molecule has 0 fully saturated rings. The van der Waals surface area contributed by atoms with Gasteiger partial charge in [0.15, 0.2) is 0 Å². The molecule has 0 radical (unpaired) electrons. The summed E-state index contributed by atoms with van der Waals surface area (Å²) in [7, 11) is 0. The number of amides is 1. The van der Waals surface area contributed by atoms with E-state index in [9.17, 15) is 18.0 Å². The molecule has 0 bridgehead atoms. The normalized spacial score (nSPS) is 11.2. The molecule has 0 aliphatic rings. The molecule has 0 aliphatic heterocycles. The highest BCUT2D eigenvalue weighted by Crippen LogP contribution is 2.35. The molecule has 0 unspecified atom stereocenters. The maximum atomic E-state index is 12.7. The van der Waals surface area contributed by atoms with Gasteiger partial charge in [-0.05, 0) is 18.2 Å². The summed E-state index contributed by atoms with van der Waals surface area (Å²) in [6, 6.07) is 3.14. The molecule has 0 saturated heterocycles. The number of alkyl halides is 3. The highest BCUT2D eigenvalue weighted by Gasteiger charge is 2.33. The Morgan fingerprint density at radius 1 is 1.20 bits per heavy atom. The number of carbonyl (C=O) groups is 1. The fourth-order valence-corrected chi connectivity index (χ4v) is 1.50. The van der Waals surface area contributed by atoms with Crippen LogP contribution in [0.5, 0.6) is 0 Å². The van der Waals surface area contributed by atoms with Crippen LogP contribution in [0, 0.1) is 0 Å². The first-order valence-electron chi connectivity index (χ1n) is 5.41. The Labute approximate surface area is 111 Å². The maximum Gasteiger partial charge on any atom is 0.418 e. The molecule has 0 atom stereocenters. The molecule has 1 amide bonds. The molecule has 2 rings (SSSR count). The van der Waals surface area contributed by atoms with Crippen molar-refractivity contribution in [2.75, 3.05) is 11.1 Å². The lowest BCUT2D eigenvalue weighted by atomic mass is 10.1. The Morgan fingerprint density at radius 2 is 1.85 bits per heavy atom. The van der Waals surface area contributed by atoms with Gasteiger partial charge in [-0.25, -0.2) is 9.97 Å². The molecule has 1 aromatic carbocycles. The number of rotatable bonds is 2. The van der Waals surface area contributed by atoms with Gasteiger partial charge < -0.3 is 11.1 Å². The average Bonchev–Trinajstić information content (AvgIpc) is 2.40. The van der Waals surface area contributed by atoms with Crippen LogP contribution in [0.1, 0.15) is 15.9 Å². The van der Waals surface area contributed by atoms with E-state index in [2.05, 4.69) is 15.3 Å². The summed E-state index contributed by atoms with van der Waals surface area (Å²) in [6.45, 7) is 0. The van der Waals surface area contributed by atoms with E-state index in [1.165, 1.54) is 24.8 Å². The topological polar surface area (TPSA) is 80.9 Å². The van der Waals surface area contributed by atoms with Crippen molar-refractivity contribution in [1.29, 1.82) is 0 Å². The van der Waals surface area contributed by atoms with Gasteiger partial charge in [-0.3, -0.25) is 4.79 Å². The van der Waals surface area contributed by atoms with Crippen LogP contribution < -0.4 is 11.1 Å². The molecule has 5 nitrogen and oxygen atoms in total. The number of hydrogen-bond acceptors (Lipinski definition) is 4. The van der Waals surface area contributed by atoms with Crippen molar-refractivity contribution in [2.45, 2.75) is 6.18 Å². The molecule has 104 valence electrons. The van der Waals surface area contributed by atoms with Crippen LogP contribution in [-0.4, -0.2) is 15.9 Å². The van der Waals surface area contributed by atoms with E-state index in [0.717, 1.165) is 12.1 Å². The molecular weight excluding hydrogens is 273 g/mol. The van der Waals surface area contributed by atoms with Crippen LogP contribution >= 0.6 is 0 Å². The molecule has 1 heterocycles. The third kappa shape index (κ3) is 3.02. The molecule has 1 aromatic heterocycles. The Morgan fingerprint density at radius 3 is 2.45 bits per heavy atom. The lowest BCUT2D eigenvalue weighted by Gasteiger charge is -2.12. The summed E-state index contributed by atoms with van der Waals surface area (Å²) in [5.41, 5.74) is 3.98. The van der Waals surface area contributed by atoms with Crippen molar-refractivity contribution in [3.8, 4) is 0 Å². The lowest BCUT2D eigenvalue weighted by molar-refractivity contribution is -0.136. The quantitative estimate of drug-likeness (QED) is 0.828. The zero-order valence-electron chi connectivity index (χ0n) is 9.98. The van der Waals surface area contributed by atoms with Crippen molar-refractivity contribution < 1.29 is 18.0 Å². The molecule has 8 heteroatoms. The maximum absolute atomic E-state index is 12.7. The Kier molecular flexibility index (Phi) is 3.55. The van der Waals surface area contributed by atoms with Gasteiger partial charge in [0.05, 0.1) is 11.1 Å². The molecule has 2 aromatic rings. The van der Waals surface area contributed by atoms with E-state index in [-0.39, 0.29) is 11.3 Å². The minimum Gasteiger partial charge on any atom is -0.398 e. The fraction of sp³-hybridized carbons (Fsp3) is 0.0833. The summed E-state index contributed by atoms with van der Waals surface area (Å²) >= 11 is 0. The second-order valence-electron chi connectivity index (χ2n) is 3.88. The zero-order valence-corrected chi connectivity index (χ0v) is 9.98. The van der Waals surface area contributed by atoms with Gasteiger partial charge in [0.25, 0.3) is 5.91 Å². The molecule has 20 heavy (non-hydrogen) atoms. The molecule has 0 aliphatic carbocycles. The van der Waals surface area contributed by atoms with Crippen molar-refractivity contribution in [3.05, 3.63) is 48.0 Å². The number of halogens is 3. The van der Waals surface area contributed by atoms with Crippen LogP contribution in [0.15, 0.2) is 36.9 Å². The van der Waals surface area contributed by atoms with E-state index < -0.39 is 23.3 Å². The first kappa shape index (κ1) is 13.8. The predicted octanol–water partition coefficient (Wildman–Crippen LogP) is 2.33. The number of nitrogen functional groups attached to an aromatic ring is 1. The molecular formula is C12H9F3N4O. The van der Waals surface area contributed by atoms with Crippen molar-refractivity contribution in [1.82, 2.24) is 9.97 Å². The van der Waals surface area contributed by atoms with Gasteiger partial charge in [0, 0.05) is 23.8 Å². The van der Waals surface area contributed by atoms with E-state index in [0.29, 0.717) is 0 Å². The number of nitrogens with zero attached hydrogens (tertiary/aromatic N) is 2. The van der Waals surface area contributed by atoms with Crippen molar-refractivity contribution in [3.63, 3.8) is 0 Å². The predicted molar refractivity (Wildman–Crippen MR) is 65.8 cm³/mol. The number of carbonyl (C=O) groups excluding carboxylic acids is 1.